The van der Waals surface area contributed by atoms with Crippen LogP contribution in [0.1, 0.15) is 120 Å². The van der Waals surface area contributed by atoms with Crippen LogP contribution >= 0.6 is 0 Å². The fourth-order valence-electron chi connectivity index (χ4n) is 10.6. The molecule has 0 saturated carbocycles. The highest BCUT2D eigenvalue weighted by molar-refractivity contribution is 6.31. The van der Waals surface area contributed by atoms with Gasteiger partial charge in [0.15, 0.2) is 17.9 Å². The van der Waals surface area contributed by atoms with Crippen LogP contribution in [-0.4, -0.2) is 175 Å². The number of phenolic OH excluding ortho intramolecular Hbond substituents is 2. The van der Waals surface area contributed by atoms with Crippen molar-refractivity contribution in [2.75, 3.05) is 33.9 Å². The predicted molar refractivity (Wildman–Crippen MR) is 269 cm³/mol. The molecule has 23 heteroatoms. The number of aromatic hydroxyl groups is 2. The van der Waals surface area contributed by atoms with Crippen molar-refractivity contribution >= 4 is 52.9 Å². The quantitative estimate of drug-likeness (QED) is 0.0578. The maximum Gasteiger partial charge on any atom is 0.307 e. The van der Waals surface area contributed by atoms with E-state index in [0.717, 1.165) is 0 Å². The van der Waals surface area contributed by atoms with Gasteiger partial charge in [0.25, 0.3) is 0 Å². The van der Waals surface area contributed by atoms with Gasteiger partial charge in [-0.05, 0) is 56.2 Å². The van der Waals surface area contributed by atoms with E-state index in [2.05, 4.69) is 16.0 Å². The molecule has 5 amide bonds. The van der Waals surface area contributed by atoms with Crippen molar-refractivity contribution in [1.29, 1.82) is 0 Å². The maximum atomic E-state index is 14.1. The molecule has 4 unspecified atom stereocenters. The van der Waals surface area contributed by atoms with Gasteiger partial charge in [0.05, 0.1) is 61.4 Å². The van der Waals surface area contributed by atoms with Gasteiger partial charge in [-0.3, -0.25) is 43.2 Å². The zero-order valence-electron chi connectivity index (χ0n) is 43.5. The van der Waals surface area contributed by atoms with Crippen molar-refractivity contribution in [3.05, 3.63) is 87.0 Å². The normalized spacial score (nSPS) is 23.4. The number of likely N-dealkylation sites (tertiary alicyclic amines) is 1. The lowest BCUT2D eigenvalue weighted by atomic mass is 9.72. The second-order valence-electron chi connectivity index (χ2n) is 20.5. The van der Waals surface area contributed by atoms with Gasteiger partial charge in [-0.25, -0.2) is 0 Å². The average molecular weight is 1070 g/mol. The number of methoxy groups -OCH3 is 1. The van der Waals surface area contributed by atoms with Crippen LogP contribution in [0.15, 0.2) is 42.5 Å². The van der Waals surface area contributed by atoms with Gasteiger partial charge < -0.3 is 70.6 Å². The number of likely N-dealkylation sites (N-methyl/N-ethyl adjacent to an activating group) is 1. The number of benzene rings is 3. The number of carbonyl (C=O) groups excluding carboxylic acids is 8. The Balaban J connectivity index is 0.994. The molecule has 3 aromatic rings. The lowest BCUT2D eigenvalue weighted by Gasteiger charge is -2.43. The van der Waals surface area contributed by atoms with Gasteiger partial charge in [-0.2, -0.15) is 0 Å². The third kappa shape index (κ3) is 12.0. The molecule has 3 aromatic carbocycles. The molecule has 9 N–H and O–H groups in total. The van der Waals surface area contributed by atoms with Gasteiger partial charge in [-0.1, -0.05) is 50.2 Å². The number of nitrogens with zero attached hydrogens (tertiary/aromatic N) is 2. The molecule has 2 aliphatic heterocycles. The lowest BCUT2D eigenvalue weighted by molar-refractivity contribution is -0.249. The van der Waals surface area contributed by atoms with E-state index in [0.29, 0.717) is 17.5 Å². The first-order valence-electron chi connectivity index (χ1n) is 25.3. The molecule has 0 aromatic heterocycles. The molecule has 77 heavy (non-hydrogen) atoms. The summed E-state index contributed by atoms with van der Waals surface area (Å²) in [5, 5.41) is 73.5. The van der Waals surface area contributed by atoms with Crippen LogP contribution in [0.4, 0.5) is 0 Å². The summed E-state index contributed by atoms with van der Waals surface area (Å²) in [6.07, 6.45) is -6.33. The Labute approximate surface area is 442 Å². The molecule has 0 spiro atoms. The number of aliphatic hydroxyl groups is 3. The molecule has 9 atom stereocenters. The molecule has 2 fully saturated rings. The fraction of sp³-hybridized carbons (Fsp3) is 0.500. The zero-order chi connectivity index (χ0) is 56.4. The molecule has 2 saturated heterocycles. The smallest absolute Gasteiger partial charge is 0.307 e. The SMILES string of the molecule is COc1cccc2c1C(=O)c1c(O)c3c(c(O)c1C2=O)C[C@@](O)(C(=O)CO)C[C@@H]3OC1CC(NC(=O)[C@@H]2CCCN2C(=O)CNC(=O)[C@H](C)NC(=O)[C@H](CC(C)C)N(C)C(=O)Cc2ccc(CC(=O)O)cc2)C(O)C(C)O1. The first-order valence-corrected chi connectivity index (χ1v) is 25.3. The monoisotopic (exact) mass is 1070 g/mol. The van der Waals surface area contributed by atoms with Crippen LogP contribution in [0.5, 0.6) is 17.2 Å². The Hall–Kier alpha value is -7.31. The van der Waals surface area contributed by atoms with Crippen LogP contribution in [0.3, 0.4) is 0 Å². The number of ketones is 3. The van der Waals surface area contributed by atoms with E-state index >= 15 is 0 Å². The summed E-state index contributed by atoms with van der Waals surface area (Å²) in [6, 6.07) is 6.48. The van der Waals surface area contributed by atoms with Crippen LogP contribution in [0.25, 0.3) is 0 Å². The van der Waals surface area contributed by atoms with Gasteiger partial charge in [0, 0.05) is 49.5 Å². The minimum absolute atomic E-state index is 0.0193. The van der Waals surface area contributed by atoms with Crippen molar-refractivity contribution in [2.24, 2.45) is 5.92 Å². The summed E-state index contributed by atoms with van der Waals surface area (Å²) in [7, 11) is 2.76. The number of Topliss-reactive ketones (excluding diaryl/α,β-unsaturated/α-hetero) is 1. The lowest BCUT2D eigenvalue weighted by Crippen LogP contribution is -2.59. The number of carboxylic acids is 1. The number of amides is 5. The zero-order valence-corrected chi connectivity index (χ0v) is 43.5. The second-order valence-corrected chi connectivity index (χ2v) is 20.5. The van der Waals surface area contributed by atoms with Crippen molar-refractivity contribution in [3.63, 3.8) is 0 Å². The summed E-state index contributed by atoms with van der Waals surface area (Å²) >= 11 is 0. The Kier molecular flexibility index (Phi) is 17.5. The average Bonchev–Trinajstić information content (AvgIpc) is 3.95. The largest absolute Gasteiger partial charge is 0.507 e. The highest BCUT2D eigenvalue weighted by Gasteiger charge is 2.51. The molecule has 2 aliphatic carbocycles. The van der Waals surface area contributed by atoms with Crippen LogP contribution in [0, 0.1) is 5.92 Å². The molecule has 7 rings (SSSR count). The molecule has 23 nitrogen and oxygen atoms in total. The summed E-state index contributed by atoms with van der Waals surface area (Å²) in [5.41, 5.74) is -3.27. The van der Waals surface area contributed by atoms with E-state index in [1.54, 1.807) is 24.3 Å². The second kappa shape index (κ2) is 23.5. The van der Waals surface area contributed by atoms with Crippen LogP contribution in [0.2, 0.25) is 0 Å². The number of carbonyl (C=O) groups is 9. The van der Waals surface area contributed by atoms with E-state index in [4.69, 9.17) is 19.3 Å². The Morgan fingerprint density at radius 1 is 0.922 bits per heavy atom. The van der Waals surface area contributed by atoms with Crippen LogP contribution in [-0.2, 0) is 62.3 Å². The highest BCUT2D eigenvalue weighted by atomic mass is 16.7. The number of aliphatic carboxylic acids is 1. The minimum Gasteiger partial charge on any atom is -0.507 e. The maximum absolute atomic E-state index is 14.1. The summed E-state index contributed by atoms with van der Waals surface area (Å²) in [6.45, 7) is 5.09. The van der Waals surface area contributed by atoms with E-state index in [-0.39, 0.29) is 78.5 Å². The van der Waals surface area contributed by atoms with E-state index in [1.807, 2.05) is 13.8 Å². The van der Waals surface area contributed by atoms with Gasteiger partial charge >= 0.3 is 5.97 Å². The number of aliphatic hydroxyl groups excluding tert-OH is 2. The van der Waals surface area contributed by atoms with Gasteiger partial charge in [-0.15, -0.1) is 0 Å². The number of hydrogen-bond donors (Lipinski definition) is 9. The molecular weight excluding hydrogens is 1010 g/mol. The van der Waals surface area contributed by atoms with Crippen molar-refractivity contribution in [3.8, 4) is 17.2 Å². The van der Waals surface area contributed by atoms with Gasteiger partial charge in [0.2, 0.25) is 35.3 Å². The third-order valence-electron chi connectivity index (χ3n) is 14.7. The van der Waals surface area contributed by atoms with Crippen molar-refractivity contribution < 1.29 is 88.0 Å². The first kappa shape index (κ1) is 57.4. The first-order chi connectivity index (χ1) is 36.4. The number of fused-ring (bicyclic) bond motifs is 3. The number of rotatable bonds is 19. The number of ether oxygens (including phenoxy) is 3. The minimum atomic E-state index is -2.43. The molecule has 414 valence electrons. The van der Waals surface area contributed by atoms with E-state index < -0.39 is 150 Å². The van der Waals surface area contributed by atoms with Gasteiger partial charge in [0.1, 0.15) is 53.7 Å². The number of hydrogen-bond acceptors (Lipinski definition) is 17. The summed E-state index contributed by atoms with van der Waals surface area (Å²) < 4.78 is 17.6. The molecule has 4 aliphatic rings. The molecule has 0 radical (unpaired) electrons. The Bertz CT molecular complexity index is 2850. The topological polar surface area (TPSA) is 345 Å². The number of nitrogens with one attached hydrogen (secondary N) is 3. The Morgan fingerprint density at radius 2 is 1.58 bits per heavy atom. The standard InChI is InChI=1S/C54H65N5O18/c1-25(2)17-34(58(5)38(62)18-28-12-14-29(15-13-28)19-40(64)65)53(73)56-26(3)51(71)55-23-39(63)59-16-8-10-33(59)52(72)57-32-20-41(76-27(4)46(32)66)77-36-22-54(74,37(61)24-60)21-31-43(36)50(70)45-44(48(31)68)47(67)30-9-7-11-35(75-6)42(30)49(45)69/h7,9,11-15,25-27,32-34,36,41,46,60,66,68,70,74H,8,10,16-24H2,1-6H3,(H,55,71)(H,56,73)(H,57,72)(H,64,65)/t26-,27?,32?,33-,34-,36-,41?,46?,54-/m0/s1. The Morgan fingerprint density at radius 3 is 2.22 bits per heavy atom. The third-order valence-corrected chi connectivity index (χ3v) is 14.7. The highest BCUT2D eigenvalue weighted by Crippen LogP contribution is 2.52. The molecule has 2 heterocycles. The molecular formula is C54H65N5O18. The van der Waals surface area contributed by atoms with Crippen molar-refractivity contribution in [1.82, 2.24) is 25.8 Å². The predicted octanol–water partition coefficient (Wildman–Crippen LogP) is 0.514. The van der Waals surface area contributed by atoms with E-state index in [1.165, 1.54) is 56.0 Å². The van der Waals surface area contributed by atoms with Crippen molar-refractivity contribution in [2.45, 2.75) is 133 Å². The number of phenols is 2. The van der Waals surface area contributed by atoms with Crippen LogP contribution < -0.4 is 20.7 Å². The number of carboxylic acid groups (broad SMARTS) is 1. The molecule has 0 bridgehead atoms. The summed E-state index contributed by atoms with van der Waals surface area (Å²) in [5.74, 6) is -8.39. The summed E-state index contributed by atoms with van der Waals surface area (Å²) in [4.78, 5) is 123. The fourth-order valence-corrected chi connectivity index (χ4v) is 10.6. The van der Waals surface area contributed by atoms with E-state index in [9.17, 15) is 68.7 Å².